The molecule has 1 saturated heterocycles. The molecule has 0 bridgehead atoms. The van der Waals surface area contributed by atoms with Crippen LogP contribution in [0.25, 0.3) is 0 Å². The first kappa shape index (κ1) is 11.1. The van der Waals surface area contributed by atoms with E-state index in [1.807, 2.05) is 11.3 Å². The molecule has 2 nitrogen and oxygen atoms in total. The standard InChI is InChI=1S/C12H20N2S/c1-9-3-4-15-12(9)8-14-7-11(6-13)5-10(14)2/h3-4,10-11H,5-8,13H2,1-2H3. The molecular formula is C12H20N2S. The first-order valence-electron chi connectivity index (χ1n) is 5.67. The Bertz CT molecular complexity index is 321. The lowest BCUT2D eigenvalue weighted by Gasteiger charge is -2.20. The summed E-state index contributed by atoms with van der Waals surface area (Å²) in [5.41, 5.74) is 7.17. The molecule has 0 radical (unpaired) electrons. The van der Waals surface area contributed by atoms with Gasteiger partial charge in [0, 0.05) is 24.0 Å². The summed E-state index contributed by atoms with van der Waals surface area (Å²) in [6, 6.07) is 2.90. The summed E-state index contributed by atoms with van der Waals surface area (Å²) < 4.78 is 0. The lowest BCUT2D eigenvalue weighted by atomic mass is 10.1. The molecule has 1 aromatic rings. The van der Waals surface area contributed by atoms with Crippen molar-refractivity contribution in [2.24, 2.45) is 11.7 Å². The fourth-order valence-corrected chi connectivity index (χ4v) is 3.29. The van der Waals surface area contributed by atoms with E-state index in [-0.39, 0.29) is 0 Å². The quantitative estimate of drug-likeness (QED) is 0.853. The van der Waals surface area contributed by atoms with Gasteiger partial charge in [-0.1, -0.05) is 0 Å². The van der Waals surface area contributed by atoms with Crippen molar-refractivity contribution in [2.75, 3.05) is 13.1 Å². The van der Waals surface area contributed by atoms with E-state index in [1.54, 1.807) is 0 Å². The molecule has 1 aromatic heterocycles. The van der Waals surface area contributed by atoms with Crippen LogP contribution in [-0.2, 0) is 6.54 Å². The van der Waals surface area contributed by atoms with Gasteiger partial charge in [-0.25, -0.2) is 0 Å². The third kappa shape index (κ3) is 2.41. The van der Waals surface area contributed by atoms with Crippen molar-refractivity contribution in [3.63, 3.8) is 0 Å². The SMILES string of the molecule is Cc1ccsc1CN1CC(CN)CC1C. The van der Waals surface area contributed by atoms with Gasteiger partial charge in [0.25, 0.3) is 0 Å². The molecule has 3 heteroatoms. The van der Waals surface area contributed by atoms with E-state index < -0.39 is 0 Å². The van der Waals surface area contributed by atoms with Gasteiger partial charge in [-0.05, 0) is 49.7 Å². The Labute approximate surface area is 96.1 Å². The number of rotatable bonds is 3. The Morgan fingerprint density at radius 3 is 2.93 bits per heavy atom. The van der Waals surface area contributed by atoms with Gasteiger partial charge >= 0.3 is 0 Å². The van der Waals surface area contributed by atoms with E-state index in [0.717, 1.165) is 13.1 Å². The van der Waals surface area contributed by atoms with Gasteiger partial charge in [0.05, 0.1) is 0 Å². The minimum atomic E-state index is 0.694. The van der Waals surface area contributed by atoms with Gasteiger partial charge in [0.2, 0.25) is 0 Å². The van der Waals surface area contributed by atoms with Crippen LogP contribution in [0.5, 0.6) is 0 Å². The molecule has 2 atom stereocenters. The van der Waals surface area contributed by atoms with E-state index in [0.29, 0.717) is 12.0 Å². The molecule has 1 aliphatic heterocycles. The predicted octanol–water partition coefficient (Wildman–Crippen LogP) is 2.23. The summed E-state index contributed by atoms with van der Waals surface area (Å²) in [7, 11) is 0. The average Bonchev–Trinajstić information content (AvgIpc) is 2.76. The van der Waals surface area contributed by atoms with Crippen molar-refractivity contribution in [2.45, 2.75) is 32.9 Å². The lowest BCUT2D eigenvalue weighted by Crippen LogP contribution is -2.27. The Balaban J connectivity index is 1.98. The zero-order chi connectivity index (χ0) is 10.8. The summed E-state index contributed by atoms with van der Waals surface area (Å²) in [6.07, 6.45) is 1.26. The monoisotopic (exact) mass is 224 g/mol. The number of hydrogen-bond acceptors (Lipinski definition) is 3. The number of nitrogens with two attached hydrogens (primary N) is 1. The summed E-state index contributed by atoms with van der Waals surface area (Å²) >= 11 is 1.87. The van der Waals surface area contributed by atoms with Crippen molar-refractivity contribution < 1.29 is 0 Å². The van der Waals surface area contributed by atoms with E-state index in [2.05, 4.69) is 30.2 Å². The van der Waals surface area contributed by atoms with Crippen LogP contribution < -0.4 is 5.73 Å². The smallest absolute Gasteiger partial charge is 0.0333 e. The van der Waals surface area contributed by atoms with Crippen molar-refractivity contribution >= 4 is 11.3 Å². The average molecular weight is 224 g/mol. The molecule has 0 spiro atoms. The van der Waals surface area contributed by atoms with Crippen LogP contribution in [0.2, 0.25) is 0 Å². The molecular weight excluding hydrogens is 204 g/mol. The molecule has 0 saturated carbocycles. The molecule has 0 aromatic carbocycles. The van der Waals surface area contributed by atoms with Crippen molar-refractivity contribution in [1.82, 2.24) is 4.90 Å². The number of aryl methyl sites for hydroxylation is 1. The molecule has 15 heavy (non-hydrogen) atoms. The highest BCUT2D eigenvalue weighted by Crippen LogP contribution is 2.26. The van der Waals surface area contributed by atoms with Crippen LogP contribution in [0.15, 0.2) is 11.4 Å². The largest absolute Gasteiger partial charge is 0.330 e. The molecule has 1 fully saturated rings. The van der Waals surface area contributed by atoms with Gasteiger partial charge in [-0.3, -0.25) is 4.90 Å². The van der Waals surface area contributed by atoms with Crippen LogP contribution in [0.3, 0.4) is 0 Å². The molecule has 0 aliphatic carbocycles. The Hall–Kier alpha value is -0.380. The van der Waals surface area contributed by atoms with Crippen LogP contribution in [0.4, 0.5) is 0 Å². The highest BCUT2D eigenvalue weighted by Gasteiger charge is 2.28. The number of nitrogens with zero attached hydrogens (tertiary/aromatic N) is 1. The summed E-state index contributed by atoms with van der Waals surface area (Å²) in [5, 5.41) is 2.19. The molecule has 2 rings (SSSR count). The minimum Gasteiger partial charge on any atom is -0.330 e. The first-order chi connectivity index (χ1) is 7.20. The highest BCUT2D eigenvalue weighted by molar-refractivity contribution is 7.10. The fourth-order valence-electron chi connectivity index (χ4n) is 2.36. The third-order valence-corrected chi connectivity index (χ3v) is 4.45. The summed E-state index contributed by atoms with van der Waals surface area (Å²) in [5.74, 6) is 0.709. The maximum Gasteiger partial charge on any atom is 0.0333 e. The van der Waals surface area contributed by atoms with Gasteiger partial charge < -0.3 is 5.73 Å². The Kier molecular flexibility index (Phi) is 3.44. The van der Waals surface area contributed by atoms with Gasteiger partial charge in [0.15, 0.2) is 0 Å². The lowest BCUT2D eigenvalue weighted by molar-refractivity contribution is 0.258. The van der Waals surface area contributed by atoms with Crippen molar-refractivity contribution in [1.29, 1.82) is 0 Å². The molecule has 0 amide bonds. The van der Waals surface area contributed by atoms with Gasteiger partial charge in [-0.15, -0.1) is 11.3 Å². The third-order valence-electron chi connectivity index (χ3n) is 3.44. The van der Waals surface area contributed by atoms with Crippen molar-refractivity contribution in [3.05, 3.63) is 21.9 Å². The second-order valence-electron chi connectivity index (χ2n) is 4.64. The molecule has 1 aliphatic rings. The van der Waals surface area contributed by atoms with E-state index in [9.17, 15) is 0 Å². The molecule has 2 heterocycles. The zero-order valence-electron chi connectivity index (χ0n) is 9.57. The normalized spacial score (nSPS) is 27.4. The van der Waals surface area contributed by atoms with Crippen LogP contribution >= 0.6 is 11.3 Å². The highest BCUT2D eigenvalue weighted by atomic mass is 32.1. The molecule has 2 unspecified atom stereocenters. The van der Waals surface area contributed by atoms with Crippen LogP contribution in [0, 0.1) is 12.8 Å². The molecule has 84 valence electrons. The Morgan fingerprint density at radius 2 is 2.40 bits per heavy atom. The number of likely N-dealkylation sites (tertiary alicyclic amines) is 1. The zero-order valence-corrected chi connectivity index (χ0v) is 10.4. The minimum absolute atomic E-state index is 0.694. The van der Waals surface area contributed by atoms with Gasteiger partial charge in [0.1, 0.15) is 0 Å². The second kappa shape index (κ2) is 4.64. The predicted molar refractivity (Wildman–Crippen MR) is 66.1 cm³/mol. The topological polar surface area (TPSA) is 29.3 Å². The van der Waals surface area contributed by atoms with Crippen molar-refractivity contribution in [3.8, 4) is 0 Å². The number of hydrogen-bond donors (Lipinski definition) is 1. The second-order valence-corrected chi connectivity index (χ2v) is 5.64. The van der Waals surface area contributed by atoms with E-state index in [4.69, 9.17) is 5.73 Å². The maximum absolute atomic E-state index is 5.74. The summed E-state index contributed by atoms with van der Waals surface area (Å²) in [4.78, 5) is 4.08. The summed E-state index contributed by atoms with van der Waals surface area (Å²) in [6.45, 7) is 7.64. The fraction of sp³-hybridized carbons (Fsp3) is 0.667. The maximum atomic E-state index is 5.74. The van der Waals surface area contributed by atoms with Crippen LogP contribution in [-0.4, -0.2) is 24.0 Å². The Morgan fingerprint density at radius 1 is 1.60 bits per heavy atom. The molecule has 2 N–H and O–H groups in total. The number of thiophene rings is 1. The van der Waals surface area contributed by atoms with Crippen LogP contribution in [0.1, 0.15) is 23.8 Å². The van der Waals surface area contributed by atoms with Gasteiger partial charge in [-0.2, -0.15) is 0 Å². The van der Waals surface area contributed by atoms with E-state index >= 15 is 0 Å². The first-order valence-corrected chi connectivity index (χ1v) is 6.55. The van der Waals surface area contributed by atoms with E-state index in [1.165, 1.54) is 23.4 Å².